The summed E-state index contributed by atoms with van der Waals surface area (Å²) in [6.07, 6.45) is 9.34. The Morgan fingerprint density at radius 1 is 0.394 bits per heavy atom. The zero-order valence-corrected chi connectivity index (χ0v) is 37.8. The second-order valence-corrected chi connectivity index (χ2v) is 22.6. The van der Waals surface area contributed by atoms with Crippen LogP contribution in [0, 0.1) is 0 Å². The lowest BCUT2D eigenvalue weighted by Crippen LogP contribution is -2.28. The molecule has 3 aliphatic carbocycles. The van der Waals surface area contributed by atoms with E-state index in [1.165, 1.54) is 119 Å². The van der Waals surface area contributed by atoms with Crippen LogP contribution in [0.3, 0.4) is 0 Å². The molecule has 1 nitrogen and oxygen atoms in total. The van der Waals surface area contributed by atoms with E-state index < -0.39 is 15.4 Å². The topological polar surface area (TPSA) is 3.24 Å². The highest BCUT2D eigenvalue weighted by molar-refractivity contribution is 8.34. The van der Waals surface area contributed by atoms with Crippen LogP contribution >= 0.6 is 10.0 Å². The lowest BCUT2D eigenvalue weighted by atomic mass is 9.67. The summed E-state index contributed by atoms with van der Waals surface area (Å²) in [4.78, 5) is 5.75. The van der Waals surface area contributed by atoms with Crippen LogP contribution in [0.4, 0.5) is 17.1 Å². The Hall–Kier alpha value is -7.13. The molecule has 9 aromatic carbocycles. The molecule has 66 heavy (non-hydrogen) atoms. The number of rotatable bonds is 5. The monoisotopic (exact) mass is 863 g/mol. The van der Waals surface area contributed by atoms with E-state index in [1.54, 1.807) is 9.79 Å². The van der Waals surface area contributed by atoms with Gasteiger partial charge in [-0.05, 0) is 158 Å². The van der Waals surface area contributed by atoms with Crippen LogP contribution in [-0.4, -0.2) is 11.5 Å². The van der Waals surface area contributed by atoms with E-state index in [0.717, 1.165) is 12.8 Å². The predicted octanol–water partition coefficient (Wildman–Crippen LogP) is 16.1. The first-order chi connectivity index (χ1) is 32.7. The standard InChI is InChI=1S/C64H49NS/c1-3-19-48(20-4-1)64(49-21-5-2-6-22-49)55-24-10-9-23-51(55)54-35-32-45(40-58(54)64)30-29-44-31-34-52-53-36-33-50(41-57(53)63(56(52)39-44)42-46-17-7-8-18-47(46)43-63)65-59-25-11-13-27-61(59)66(37-15-16-38-66)62-28-14-12-26-60(62)65/h1-14,17-36,39-41H,15-16,37-38,42-43H2/b30-29+. The Morgan fingerprint density at radius 3 is 1.48 bits per heavy atom. The molecule has 1 fully saturated rings. The van der Waals surface area contributed by atoms with Gasteiger partial charge in [-0.2, -0.15) is 10.0 Å². The normalized spacial score (nSPS) is 17.5. The number of hydrogen-bond acceptors (Lipinski definition) is 1. The van der Waals surface area contributed by atoms with Gasteiger partial charge in [0.25, 0.3) is 0 Å². The van der Waals surface area contributed by atoms with Gasteiger partial charge >= 0.3 is 0 Å². The van der Waals surface area contributed by atoms with Crippen molar-refractivity contribution in [1.29, 1.82) is 0 Å². The highest BCUT2D eigenvalue weighted by Crippen LogP contribution is 2.74. The quantitative estimate of drug-likeness (QED) is 0.156. The van der Waals surface area contributed by atoms with Gasteiger partial charge in [-0.25, -0.2) is 0 Å². The van der Waals surface area contributed by atoms with Crippen molar-refractivity contribution in [3.05, 3.63) is 268 Å². The summed E-state index contributed by atoms with van der Waals surface area (Å²) in [5.41, 5.74) is 22.4. The van der Waals surface area contributed by atoms with Gasteiger partial charge in [-0.15, -0.1) is 0 Å². The van der Waals surface area contributed by atoms with Gasteiger partial charge in [0.2, 0.25) is 0 Å². The number of nitrogens with zero attached hydrogens (tertiary/aromatic N) is 1. The van der Waals surface area contributed by atoms with E-state index >= 15 is 0 Å². The third kappa shape index (κ3) is 5.25. The number of hydrogen-bond donors (Lipinski definition) is 0. The van der Waals surface area contributed by atoms with Crippen LogP contribution in [-0.2, 0) is 23.7 Å². The van der Waals surface area contributed by atoms with Gasteiger partial charge in [0.05, 0.1) is 16.8 Å². The average molecular weight is 864 g/mol. The number of fused-ring (bicyclic) bond motifs is 13. The minimum atomic E-state index is -1.06. The molecule has 0 N–H and O–H groups in total. The number of benzene rings is 9. The fraction of sp³-hybridized carbons (Fsp3) is 0.125. The van der Waals surface area contributed by atoms with Crippen molar-refractivity contribution in [2.75, 3.05) is 16.4 Å². The average Bonchev–Trinajstić information content (AvgIpc) is 4.16. The largest absolute Gasteiger partial charge is 0.308 e. The summed E-state index contributed by atoms with van der Waals surface area (Å²) in [6, 6.07) is 81.0. The van der Waals surface area contributed by atoms with Crippen molar-refractivity contribution in [3.8, 4) is 22.3 Å². The van der Waals surface area contributed by atoms with Crippen molar-refractivity contribution >= 4 is 39.2 Å². The van der Waals surface area contributed by atoms with Gasteiger partial charge in [0.1, 0.15) is 0 Å². The number of anilines is 3. The molecule has 0 aromatic heterocycles. The maximum atomic E-state index is 2.61. The van der Waals surface area contributed by atoms with Crippen LogP contribution in [0.15, 0.2) is 222 Å². The van der Waals surface area contributed by atoms with Crippen LogP contribution in [0.5, 0.6) is 0 Å². The fourth-order valence-corrected chi connectivity index (χ4v) is 17.7. The van der Waals surface area contributed by atoms with Crippen LogP contribution in [0.1, 0.15) is 68.5 Å². The molecule has 2 aliphatic heterocycles. The summed E-state index contributed by atoms with van der Waals surface area (Å²) >= 11 is 0. The predicted molar refractivity (Wildman–Crippen MR) is 277 cm³/mol. The minimum Gasteiger partial charge on any atom is -0.308 e. The fourth-order valence-electron chi connectivity index (χ4n) is 13.2. The summed E-state index contributed by atoms with van der Waals surface area (Å²) in [5, 5.41) is 0. The summed E-state index contributed by atoms with van der Waals surface area (Å²) in [7, 11) is -1.06. The zero-order valence-electron chi connectivity index (χ0n) is 37.0. The molecule has 0 amide bonds. The molecule has 2 heteroatoms. The molecular weight excluding hydrogens is 815 g/mol. The first-order valence-electron chi connectivity index (χ1n) is 23.8. The van der Waals surface area contributed by atoms with Gasteiger partial charge in [-0.3, -0.25) is 0 Å². The van der Waals surface area contributed by atoms with E-state index in [1.807, 2.05) is 0 Å². The lowest BCUT2D eigenvalue weighted by Gasteiger charge is -2.47. The van der Waals surface area contributed by atoms with Crippen molar-refractivity contribution in [3.63, 3.8) is 0 Å². The molecular formula is C64H49NS. The van der Waals surface area contributed by atoms with E-state index in [-0.39, 0.29) is 5.41 Å². The number of para-hydroxylation sites is 2. The van der Waals surface area contributed by atoms with Crippen LogP contribution in [0.25, 0.3) is 34.4 Å². The van der Waals surface area contributed by atoms with Gasteiger partial charge in [0, 0.05) is 20.9 Å². The molecule has 14 rings (SSSR count). The second-order valence-electron chi connectivity index (χ2n) is 19.2. The smallest absolute Gasteiger partial charge is 0.0713 e. The van der Waals surface area contributed by atoms with Crippen molar-refractivity contribution in [2.24, 2.45) is 0 Å². The molecule has 0 bridgehead atoms. The van der Waals surface area contributed by atoms with Gasteiger partial charge < -0.3 is 4.90 Å². The Kier molecular flexibility index (Phi) is 8.35. The SMILES string of the molecule is C(=C\c1ccc2c(c1)C(c1ccccc1)(c1ccccc1)c1ccccc1-2)/c1ccc2c(c1)C1(Cc3ccccc3C1)c1cc(N3c4ccccc4S4(CCCC4)c4ccccc43)ccc1-2. The summed E-state index contributed by atoms with van der Waals surface area (Å²) in [6.45, 7) is 0. The maximum absolute atomic E-state index is 2.61. The molecule has 2 spiro atoms. The van der Waals surface area contributed by atoms with Crippen molar-refractivity contribution < 1.29 is 0 Å². The Labute approximate surface area is 390 Å². The molecule has 9 aromatic rings. The van der Waals surface area contributed by atoms with Gasteiger partial charge in [0.15, 0.2) is 0 Å². The summed E-state index contributed by atoms with van der Waals surface area (Å²) in [5.74, 6) is 2.60. The van der Waals surface area contributed by atoms with Crippen molar-refractivity contribution in [1.82, 2.24) is 0 Å². The molecule has 2 heterocycles. The highest BCUT2D eigenvalue weighted by Gasteiger charge is 2.49. The Bertz CT molecular complexity index is 3330. The third-order valence-electron chi connectivity index (χ3n) is 16.0. The first kappa shape index (κ1) is 38.2. The highest BCUT2D eigenvalue weighted by atomic mass is 32.3. The summed E-state index contributed by atoms with van der Waals surface area (Å²) < 4.78 is 0. The molecule has 5 aliphatic rings. The first-order valence-corrected chi connectivity index (χ1v) is 25.8. The second kappa shape index (κ2) is 14.4. The molecule has 0 atom stereocenters. The van der Waals surface area contributed by atoms with Crippen LogP contribution < -0.4 is 4.90 Å². The van der Waals surface area contributed by atoms with E-state index in [9.17, 15) is 0 Å². The Morgan fingerprint density at radius 2 is 0.864 bits per heavy atom. The molecule has 0 radical (unpaired) electrons. The maximum Gasteiger partial charge on any atom is 0.0713 e. The van der Waals surface area contributed by atoms with Gasteiger partial charge in [-0.1, -0.05) is 182 Å². The minimum absolute atomic E-state index is 0.148. The lowest BCUT2D eigenvalue weighted by molar-refractivity contribution is 0.563. The third-order valence-corrected chi connectivity index (χ3v) is 20.3. The van der Waals surface area contributed by atoms with Crippen molar-refractivity contribution in [2.45, 2.75) is 46.3 Å². The van der Waals surface area contributed by atoms with E-state index in [0.29, 0.717) is 0 Å². The molecule has 0 saturated carbocycles. The Balaban J connectivity index is 0.884. The molecule has 1 saturated heterocycles. The zero-order chi connectivity index (χ0) is 43.5. The van der Waals surface area contributed by atoms with E-state index in [2.05, 4.69) is 229 Å². The van der Waals surface area contributed by atoms with E-state index in [4.69, 9.17) is 0 Å². The molecule has 316 valence electrons. The molecule has 0 unspecified atom stereocenters. The van der Waals surface area contributed by atoms with Crippen LogP contribution in [0.2, 0.25) is 0 Å².